The van der Waals surface area contributed by atoms with Gasteiger partial charge in [0.2, 0.25) is 0 Å². The van der Waals surface area contributed by atoms with Crippen molar-refractivity contribution in [2.75, 3.05) is 38.0 Å². The average molecular weight is 291 g/mol. The Morgan fingerprint density at radius 2 is 2.05 bits per heavy atom. The van der Waals surface area contributed by atoms with Crippen LogP contribution in [-0.2, 0) is 0 Å². The molecule has 0 aliphatic carbocycles. The number of rotatable bonds is 4. The van der Waals surface area contributed by atoms with Gasteiger partial charge in [-0.3, -0.25) is 4.90 Å². The van der Waals surface area contributed by atoms with Gasteiger partial charge in [-0.2, -0.15) is 0 Å². The highest BCUT2D eigenvalue weighted by Crippen LogP contribution is 2.11. The molecule has 21 heavy (non-hydrogen) atoms. The minimum atomic E-state index is -0.266. The summed E-state index contributed by atoms with van der Waals surface area (Å²) in [5, 5.41) is 12.6. The summed E-state index contributed by atoms with van der Waals surface area (Å²) in [6.07, 6.45) is 0.506. The zero-order chi connectivity index (χ0) is 15.2. The quantitative estimate of drug-likeness (QED) is 0.891. The van der Waals surface area contributed by atoms with Crippen molar-refractivity contribution in [1.29, 1.82) is 0 Å². The zero-order valence-corrected chi connectivity index (χ0v) is 12.9. The number of hydrogen-bond acceptors (Lipinski definition) is 3. The summed E-state index contributed by atoms with van der Waals surface area (Å²) in [5.74, 6) is 0. The van der Waals surface area contributed by atoms with Crippen molar-refractivity contribution in [3.63, 3.8) is 0 Å². The van der Waals surface area contributed by atoms with Crippen LogP contribution in [0.4, 0.5) is 10.5 Å². The fourth-order valence-corrected chi connectivity index (χ4v) is 2.49. The summed E-state index contributed by atoms with van der Waals surface area (Å²) in [4.78, 5) is 16.3. The van der Waals surface area contributed by atoms with Crippen LogP contribution in [0, 0.1) is 6.92 Å². The van der Waals surface area contributed by atoms with Crippen LogP contribution < -0.4 is 5.32 Å². The van der Waals surface area contributed by atoms with Gasteiger partial charge in [-0.25, -0.2) is 4.79 Å². The number of nitrogens with one attached hydrogen (secondary N) is 1. The average Bonchev–Trinajstić information content (AvgIpc) is 2.47. The van der Waals surface area contributed by atoms with Gasteiger partial charge in [0.15, 0.2) is 0 Å². The Bertz CT molecular complexity index is 470. The number of aliphatic hydroxyl groups excluding tert-OH is 1. The van der Waals surface area contributed by atoms with E-state index in [4.69, 9.17) is 0 Å². The molecule has 1 atom stereocenters. The van der Waals surface area contributed by atoms with Crippen molar-refractivity contribution in [2.24, 2.45) is 0 Å². The van der Waals surface area contributed by atoms with Gasteiger partial charge in [-0.15, -0.1) is 0 Å². The lowest BCUT2D eigenvalue weighted by molar-refractivity contribution is 0.0812. The Morgan fingerprint density at radius 3 is 2.67 bits per heavy atom. The Balaban J connectivity index is 1.80. The number of benzene rings is 1. The Kier molecular flexibility index (Phi) is 5.59. The zero-order valence-electron chi connectivity index (χ0n) is 12.9. The van der Waals surface area contributed by atoms with E-state index >= 15 is 0 Å². The highest BCUT2D eigenvalue weighted by Gasteiger charge is 2.22. The maximum absolute atomic E-state index is 12.2. The molecule has 0 bridgehead atoms. The number of amides is 2. The maximum atomic E-state index is 12.2. The summed E-state index contributed by atoms with van der Waals surface area (Å²) in [6, 6.07) is 7.77. The second-order valence-corrected chi connectivity index (χ2v) is 5.65. The van der Waals surface area contributed by atoms with Crippen LogP contribution in [0.25, 0.3) is 0 Å². The van der Waals surface area contributed by atoms with E-state index in [1.165, 1.54) is 0 Å². The second kappa shape index (κ2) is 7.43. The minimum Gasteiger partial charge on any atom is -0.392 e. The third-order valence-corrected chi connectivity index (χ3v) is 3.87. The lowest BCUT2D eigenvalue weighted by Gasteiger charge is -2.35. The Labute approximate surface area is 126 Å². The highest BCUT2D eigenvalue weighted by atomic mass is 16.3. The first kappa shape index (κ1) is 15.8. The second-order valence-electron chi connectivity index (χ2n) is 5.65. The molecule has 2 rings (SSSR count). The molecule has 2 amide bonds. The molecule has 1 aromatic carbocycles. The van der Waals surface area contributed by atoms with E-state index < -0.39 is 0 Å². The summed E-state index contributed by atoms with van der Waals surface area (Å²) >= 11 is 0. The largest absolute Gasteiger partial charge is 0.392 e. The van der Waals surface area contributed by atoms with Crippen LogP contribution in [0.1, 0.15) is 18.9 Å². The first-order valence-electron chi connectivity index (χ1n) is 7.61. The number of urea groups is 1. The number of carbonyl (C=O) groups excluding carboxylic acids is 1. The fourth-order valence-electron chi connectivity index (χ4n) is 2.49. The first-order chi connectivity index (χ1) is 10.1. The normalized spacial score (nSPS) is 17.6. The van der Waals surface area contributed by atoms with Crippen molar-refractivity contribution in [1.82, 2.24) is 9.80 Å². The minimum absolute atomic E-state index is 0.0451. The van der Waals surface area contributed by atoms with Crippen molar-refractivity contribution in [3.8, 4) is 0 Å². The standard InChI is InChI=1S/C16H25N3O2/c1-3-15(20)12-18-7-9-19(10-8-18)16(21)17-14-6-4-5-13(2)11-14/h4-6,11,15,20H,3,7-10,12H2,1-2H3,(H,17,21)/t15-/m1/s1. The third-order valence-electron chi connectivity index (χ3n) is 3.87. The highest BCUT2D eigenvalue weighted by molar-refractivity contribution is 5.89. The van der Waals surface area contributed by atoms with Gasteiger partial charge in [-0.1, -0.05) is 19.1 Å². The van der Waals surface area contributed by atoms with Crippen LogP contribution in [0.3, 0.4) is 0 Å². The van der Waals surface area contributed by atoms with Gasteiger partial charge in [0.05, 0.1) is 6.10 Å². The predicted molar refractivity (Wildman–Crippen MR) is 84.5 cm³/mol. The Hall–Kier alpha value is -1.59. The van der Waals surface area contributed by atoms with Gasteiger partial charge in [0.25, 0.3) is 0 Å². The molecule has 1 aliphatic rings. The van der Waals surface area contributed by atoms with Crippen LogP contribution in [0.15, 0.2) is 24.3 Å². The number of nitrogens with zero attached hydrogens (tertiary/aromatic N) is 2. The molecule has 1 aliphatic heterocycles. The van der Waals surface area contributed by atoms with Crippen molar-refractivity contribution >= 4 is 11.7 Å². The lowest BCUT2D eigenvalue weighted by Crippen LogP contribution is -2.51. The van der Waals surface area contributed by atoms with Gasteiger partial charge >= 0.3 is 6.03 Å². The SMILES string of the molecule is CC[C@@H](O)CN1CCN(C(=O)Nc2cccc(C)c2)CC1. The van der Waals surface area contributed by atoms with Crippen molar-refractivity contribution in [3.05, 3.63) is 29.8 Å². The molecule has 0 spiro atoms. The Morgan fingerprint density at radius 1 is 1.33 bits per heavy atom. The summed E-state index contributed by atoms with van der Waals surface area (Å²) in [6.45, 7) is 7.73. The molecule has 2 N–H and O–H groups in total. The van der Waals surface area contributed by atoms with E-state index in [0.717, 1.165) is 30.8 Å². The maximum Gasteiger partial charge on any atom is 0.321 e. The molecule has 0 saturated carbocycles. The molecule has 5 heteroatoms. The predicted octanol–water partition coefficient (Wildman–Crippen LogP) is 1.92. The number of piperazine rings is 1. The fraction of sp³-hybridized carbons (Fsp3) is 0.562. The first-order valence-corrected chi connectivity index (χ1v) is 7.61. The molecular weight excluding hydrogens is 266 g/mol. The molecule has 1 aromatic rings. The van der Waals surface area contributed by atoms with Gasteiger partial charge in [0.1, 0.15) is 0 Å². The molecule has 1 saturated heterocycles. The van der Waals surface area contributed by atoms with E-state index in [2.05, 4.69) is 10.2 Å². The molecule has 5 nitrogen and oxygen atoms in total. The number of aliphatic hydroxyl groups is 1. The van der Waals surface area contributed by atoms with Crippen molar-refractivity contribution in [2.45, 2.75) is 26.4 Å². The smallest absolute Gasteiger partial charge is 0.321 e. The van der Waals surface area contributed by atoms with E-state index in [1.54, 1.807) is 0 Å². The van der Waals surface area contributed by atoms with E-state index in [-0.39, 0.29) is 12.1 Å². The van der Waals surface area contributed by atoms with Gasteiger partial charge < -0.3 is 15.3 Å². The van der Waals surface area contributed by atoms with E-state index in [1.807, 2.05) is 43.0 Å². The van der Waals surface area contributed by atoms with Gasteiger partial charge in [-0.05, 0) is 31.0 Å². The third kappa shape index (κ3) is 4.72. The van der Waals surface area contributed by atoms with Crippen molar-refractivity contribution < 1.29 is 9.90 Å². The number of anilines is 1. The molecule has 0 aromatic heterocycles. The molecular formula is C16H25N3O2. The molecule has 0 radical (unpaired) electrons. The molecule has 0 unspecified atom stereocenters. The number of carbonyl (C=O) groups is 1. The van der Waals surface area contributed by atoms with E-state index in [0.29, 0.717) is 19.6 Å². The number of β-amino-alcohol motifs (C(OH)–C–C–N with tert-alkyl or cyclic N) is 1. The van der Waals surface area contributed by atoms with Gasteiger partial charge in [0, 0.05) is 38.4 Å². The van der Waals surface area contributed by atoms with Crippen LogP contribution >= 0.6 is 0 Å². The van der Waals surface area contributed by atoms with E-state index in [9.17, 15) is 9.90 Å². The molecule has 116 valence electrons. The molecule has 1 fully saturated rings. The number of hydrogen-bond donors (Lipinski definition) is 2. The topological polar surface area (TPSA) is 55.8 Å². The lowest BCUT2D eigenvalue weighted by atomic mass is 10.2. The summed E-state index contributed by atoms with van der Waals surface area (Å²) < 4.78 is 0. The summed E-state index contributed by atoms with van der Waals surface area (Å²) in [5.41, 5.74) is 1.97. The molecule has 1 heterocycles. The van der Waals surface area contributed by atoms with Crippen LogP contribution in [0.5, 0.6) is 0 Å². The number of aryl methyl sites for hydroxylation is 1. The van der Waals surface area contributed by atoms with Crippen LogP contribution in [0.2, 0.25) is 0 Å². The van der Waals surface area contributed by atoms with Crippen LogP contribution in [-0.4, -0.2) is 59.8 Å². The monoisotopic (exact) mass is 291 g/mol. The summed E-state index contributed by atoms with van der Waals surface area (Å²) in [7, 11) is 0.